The minimum absolute atomic E-state index is 0.173. The lowest BCUT2D eigenvalue weighted by Crippen LogP contribution is -2.55. The molecule has 0 spiro atoms. The van der Waals surface area contributed by atoms with Gasteiger partial charge in [-0.15, -0.1) is 0 Å². The third-order valence-corrected chi connectivity index (χ3v) is 7.11. The predicted molar refractivity (Wildman–Crippen MR) is 175 cm³/mol. The molecule has 2 rings (SSSR count). The summed E-state index contributed by atoms with van der Waals surface area (Å²) in [5, 5.41) is 5.62. The minimum Gasteiger partial charge on any atom is -0.458 e. The van der Waals surface area contributed by atoms with Gasteiger partial charge in [-0.1, -0.05) is 60.2 Å². The molecule has 242 valence electrons. The molecule has 3 amide bonds. The van der Waals surface area contributed by atoms with Gasteiger partial charge in [-0.05, 0) is 84.9 Å². The second-order valence-electron chi connectivity index (χ2n) is 12.7. The van der Waals surface area contributed by atoms with Crippen molar-refractivity contribution >= 4 is 35.6 Å². The van der Waals surface area contributed by atoms with E-state index in [9.17, 15) is 19.2 Å². The van der Waals surface area contributed by atoms with Gasteiger partial charge in [0.2, 0.25) is 11.8 Å². The van der Waals surface area contributed by atoms with E-state index in [1.165, 1.54) is 4.90 Å². The van der Waals surface area contributed by atoms with E-state index in [2.05, 4.69) is 10.6 Å². The van der Waals surface area contributed by atoms with Crippen LogP contribution in [0.15, 0.2) is 54.6 Å². The number of carbonyl (C=O) groups excluding carboxylic acids is 4. The predicted octanol–water partition coefficient (Wildman–Crippen LogP) is 5.60. The lowest BCUT2D eigenvalue weighted by molar-refractivity contribution is -0.159. The molecule has 2 aromatic rings. The SMILES string of the molecule is CCN(C(=O)C(CCSC)NC(=O)OC(C)(C)C)C(C(=O)NC(Cc1ccccc1)C(=O)OC(C)(C)C)c1ccc(C)cc1. The molecule has 3 unspecified atom stereocenters. The Morgan fingerprint density at radius 2 is 1.43 bits per heavy atom. The summed E-state index contributed by atoms with van der Waals surface area (Å²) >= 11 is 1.54. The van der Waals surface area contributed by atoms with E-state index in [0.29, 0.717) is 17.7 Å². The van der Waals surface area contributed by atoms with E-state index in [4.69, 9.17) is 9.47 Å². The molecule has 0 heterocycles. The van der Waals surface area contributed by atoms with Crippen LogP contribution in [0.4, 0.5) is 4.79 Å². The zero-order valence-electron chi connectivity index (χ0n) is 27.6. The topological polar surface area (TPSA) is 114 Å². The zero-order valence-corrected chi connectivity index (χ0v) is 28.4. The Balaban J connectivity index is 2.50. The smallest absolute Gasteiger partial charge is 0.408 e. The average molecular weight is 628 g/mol. The van der Waals surface area contributed by atoms with Crippen LogP contribution < -0.4 is 10.6 Å². The first-order chi connectivity index (χ1) is 20.5. The van der Waals surface area contributed by atoms with Gasteiger partial charge in [0.05, 0.1) is 0 Å². The molecule has 0 saturated carbocycles. The summed E-state index contributed by atoms with van der Waals surface area (Å²) in [6.07, 6.45) is 1.75. The molecular formula is C34H49N3O6S. The first-order valence-corrected chi connectivity index (χ1v) is 16.4. The molecule has 0 aliphatic heterocycles. The molecule has 0 aliphatic carbocycles. The van der Waals surface area contributed by atoms with Gasteiger partial charge >= 0.3 is 12.1 Å². The number of esters is 1. The van der Waals surface area contributed by atoms with Crippen molar-refractivity contribution < 1.29 is 28.7 Å². The van der Waals surface area contributed by atoms with E-state index >= 15 is 0 Å². The van der Waals surface area contributed by atoms with Crippen molar-refractivity contribution in [1.82, 2.24) is 15.5 Å². The summed E-state index contributed by atoms with van der Waals surface area (Å²) < 4.78 is 11.1. The molecule has 0 aromatic heterocycles. The summed E-state index contributed by atoms with van der Waals surface area (Å²) in [5.74, 6) is -0.930. The van der Waals surface area contributed by atoms with E-state index in [1.807, 2.05) is 55.6 Å². The van der Waals surface area contributed by atoms with Crippen LogP contribution >= 0.6 is 11.8 Å². The van der Waals surface area contributed by atoms with Gasteiger partial charge in [0, 0.05) is 13.0 Å². The average Bonchev–Trinajstić information content (AvgIpc) is 2.92. The van der Waals surface area contributed by atoms with Crippen LogP contribution in [0.25, 0.3) is 0 Å². The Labute approximate surface area is 266 Å². The Bertz CT molecular complexity index is 1240. The van der Waals surface area contributed by atoms with Crippen molar-refractivity contribution in [2.24, 2.45) is 0 Å². The second-order valence-corrected chi connectivity index (χ2v) is 13.7. The van der Waals surface area contributed by atoms with Gasteiger partial charge < -0.3 is 25.0 Å². The van der Waals surface area contributed by atoms with Gasteiger partial charge in [0.25, 0.3) is 0 Å². The van der Waals surface area contributed by atoms with E-state index in [-0.39, 0.29) is 13.0 Å². The quantitative estimate of drug-likeness (QED) is 0.278. The fraction of sp³-hybridized carbons (Fsp3) is 0.529. The molecule has 0 radical (unpaired) electrons. The molecule has 2 N–H and O–H groups in total. The van der Waals surface area contributed by atoms with Gasteiger partial charge in [0.15, 0.2) is 0 Å². The summed E-state index contributed by atoms with van der Waals surface area (Å²) in [4.78, 5) is 55.9. The van der Waals surface area contributed by atoms with Crippen LogP contribution in [0.1, 0.15) is 77.6 Å². The normalized spacial score (nSPS) is 13.7. The number of hydrogen-bond acceptors (Lipinski definition) is 7. The van der Waals surface area contributed by atoms with E-state index < -0.39 is 53.2 Å². The number of rotatable bonds is 13. The molecule has 44 heavy (non-hydrogen) atoms. The lowest BCUT2D eigenvalue weighted by Gasteiger charge is -2.34. The zero-order chi connectivity index (χ0) is 33.1. The number of ether oxygens (including phenoxy) is 2. The molecular weight excluding hydrogens is 578 g/mol. The fourth-order valence-electron chi connectivity index (χ4n) is 4.50. The number of likely N-dealkylation sites (N-methyl/N-ethyl adjacent to an activating group) is 1. The largest absolute Gasteiger partial charge is 0.458 e. The Morgan fingerprint density at radius 3 is 1.95 bits per heavy atom. The summed E-state index contributed by atoms with van der Waals surface area (Å²) in [6.45, 7) is 14.4. The monoisotopic (exact) mass is 627 g/mol. The summed E-state index contributed by atoms with van der Waals surface area (Å²) in [6, 6.07) is 13.7. The minimum atomic E-state index is -1.08. The molecule has 2 aromatic carbocycles. The van der Waals surface area contributed by atoms with E-state index in [1.54, 1.807) is 72.4 Å². The number of carbonyl (C=O) groups is 4. The number of amides is 3. The molecule has 0 saturated heterocycles. The Morgan fingerprint density at radius 1 is 0.841 bits per heavy atom. The third-order valence-electron chi connectivity index (χ3n) is 6.47. The van der Waals surface area contributed by atoms with Crippen molar-refractivity contribution in [2.45, 2.75) is 97.6 Å². The maximum atomic E-state index is 14.2. The van der Waals surface area contributed by atoms with Crippen LogP contribution in [0.5, 0.6) is 0 Å². The molecule has 0 fully saturated rings. The van der Waals surface area contributed by atoms with Crippen molar-refractivity contribution in [3.8, 4) is 0 Å². The first-order valence-electron chi connectivity index (χ1n) is 15.0. The maximum Gasteiger partial charge on any atom is 0.408 e. The highest BCUT2D eigenvalue weighted by Gasteiger charge is 2.37. The number of nitrogens with one attached hydrogen (secondary N) is 2. The van der Waals surface area contributed by atoms with E-state index in [0.717, 1.165) is 11.1 Å². The van der Waals surface area contributed by atoms with Crippen molar-refractivity contribution in [3.63, 3.8) is 0 Å². The number of nitrogens with zero attached hydrogens (tertiary/aromatic N) is 1. The lowest BCUT2D eigenvalue weighted by atomic mass is 9.99. The molecule has 0 aliphatic rings. The van der Waals surface area contributed by atoms with Crippen molar-refractivity contribution in [2.75, 3.05) is 18.6 Å². The van der Waals surface area contributed by atoms with Crippen molar-refractivity contribution in [1.29, 1.82) is 0 Å². The van der Waals surface area contributed by atoms with Gasteiger partial charge in [0.1, 0.15) is 29.3 Å². The highest BCUT2D eigenvalue weighted by atomic mass is 32.2. The van der Waals surface area contributed by atoms with Crippen molar-refractivity contribution in [3.05, 3.63) is 71.3 Å². The van der Waals surface area contributed by atoms with Crippen LogP contribution in [-0.4, -0.2) is 70.6 Å². The number of aryl methyl sites for hydroxylation is 1. The summed E-state index contributed by atoms with van der Waals surface area (Å²) in [5.41, 5.74) is 0.893. The number of alkyl carbamates (subject to hydrolysis) is 1. The Kier molecular flexibility index (Phi) is 13.8. The molecule has 10 heteroatoms. The third kappa shape index (κ3) is 12.2. The number of thioether (sulfide) groups is 1. The highest BCUT2D eigenvalue weighted by molar-refractivity contribution is 7.98. The second kappa shape index (κ2) is 16.5. The van der Waals surface area contributed by atoms with Crippen LogP contribution in [-0.2, 0) is 30.3 Å². The molecule has 3 atom stereocenters. The first kappa shape index (κ1) is 36.7. The number of hydrogen-bond donors (Lipinski definition) is 2. The highest BCUT2D eigenvalue weighted by Crippen LogP contribution is 2.25. The Hall–Kier alpha value is -3.53. The maximum absolute atomic E-state index is 14.2. The molecule has 9 nitrogen and oxygen atoms in total. The standard InChI is InChI=1S/C34H49N3O6S/c1-10-37(30(39)26(20-21-44-9)36-32(41)43-34(6,7)8)28(25-18-16-23(2)17-19-25)29(38)35-27(31(40)42-33(3,4)5)22-24-14-12-11-13-15-24/h11-19,26-28H,10,20-22H2,1-9H3,(H,35,38)(H,36,41). The fourth-order valence-corrected chi connectivity index (χ4v) is 4.97. The molecule has 0 bridgehead atoms. The van der Waals surface area contributed by atoms with Crippen LogP contribution in [0.3, 0.4) is 0 Å². The van der Waals surface area contributed by atoms with Crippen LogP contribution in [0, 0.1) is 6.92 Å². The van der Waals surface area contributed by atoms with Gasteiger partial charge in [-0.2, -0.15) is 11.8 Å². The van der Waals surface area contributed by atoms with Crippen LogP contribution in [0.2, 0.25) is 0 Å². The number of benzene rings is 2. The van der Waals surface area contributed by atoms with Gasteiger partial charge in [-0.3, -0.25) is 9.59 Å². The summed E-state index contributed by atoms with van der Waals surface area (Å²) in [7, 11) is 0. The van der Waals surface area contributed by atoms with Gasteiger partial charge in [-0.25, -0.2) is 9.59 Å².